The van der Waals surface area contributed by atoms with Crippen LogP contribution in [0.2, 0.25) is 0 Å². The Bertz CT molecular complexity index is 865. The smallest absolute Gasteiger partial charge is 0.343 e. The first kappa shape index (κ1) is 29.3. The Balaban J connectivity index is 2.32. The minimum Gasteiger partial charge on any atom is -0.343 e. The molecule has 1 atom stereocenters. The number of hydrogen-bond donors (Lipinski definition) is 1. The van der Waals surface area contributed by atoms with E-state index in [9.17, 15) is 18.3 Å². The van der Waals surface area contributed by atoms with E-state index in [0.717, 1.165) is 37.0 Å². The van der Waals surface area contributed by atoms with Crippen LogP contribution >= 0.6 is 0 Å². The molecule has 0 saturated carbocycles. The molecule has 0 spiro atoms. The molecule has 0 aliphatic heterocycles. The first-order valence-electron chi connectivity index (χ1n) is 12.8. The third-order valence-electron chi connectivity index (χ3n) is 5.93. The molecule has 2 aromatic rings. The molecule has 0 fully saturated rings. The molecule has 0 heterocycles. The predicted molar refractivity (Wildman–Crippen MR) is 135 cm³/mol. The van der Waals surface area contributed by atoms with Gasteiger partial charge < -0.3 is 14.6 Å². The zero-order valence-electron chi connectivity index (χ0n) is 21.7. The maximum absolute atomic E-state index is 13.2. The van der Waals surface area contributed by atoms with E-state index in [4.69, 9.17) is 9.47 Å². The fourth-order valence-electron chi connectivity index (χ4n) is 4.34. The highest BCUT2D eigenvalue weighted by Crippen LogP contribution is 2.38. The van der Waals surface area contributed by atoms with Gasteiger partial charge in [0, 0.05) is 0 Å². The molecule has 0 saturated heterocycles. The van der Waals surface area contributed by atoms with Crippen LogP contribution in [-0.4, -0.2) is 23.3 Å². The van der Waals surface area contributed by atoms with Crippen molar-refractivity contribution in [1.82, 2.24) is 0 Å². The van der Waals surface area contributed by atoms with Gasteiger partial charge in [0.05, 0.1) is 23.7 Å². The Labute approximate surface area is 208 Å². The number of halogens is 3. The average molecular weight is 495 g/mol. The maximum Gasteiger partial charge on any atom is 0.416 e. The van der Waals surface area contributed by atoms with Crippen molar-refractivity contribution in [2.24, 2.45) is 0 Å². The van der Waals surface area contributed by atoms with E-state index < -0.39 is 23.6 Å². The number of ether oxygens (including phenoxy) is 2. The van der Waals surface area contributed by atoms with Gasteiger partial charge in [-0.25, -0.2) is 0 Å². The molecule has 2 aromatic carbocycles. The van der Waals surface area contributed by atoms with E-state index in [1.165, 1.54) is 25.3 Å². The van der Waals surface area contributed by atoms with Crippen LogP contribution < -0.4 is 0 Å². The van der Waals surface area contributed by atoms with Crippen LogP contribution in [0.15, 0.2) is 48.5 Å². The Morgan fingerprint density at radius 1 is 0.771 bits per heavy atom. The summed E-state index contributed by atoms with van der Waals surface area (Å²) in [6.45, 7) is 9.60. The van der Waals surface area contributed by atoms with Crippen molar-refractivity contribution in [3.05, 3.63) is 59.7 Å². The van der Waals surface area contributed by atoms with Crippen molar-refractivity contribution in [3.8, 4) is 11.1 Å². The summed E-state index contributed by atoms with van der Waals surface area (Å²) in [7, 11) is 0. The largest absolute Gasteiger partial charge is 0.416 e. The van der Waals surface area contributed by atoms with Gasteiger partial charge in [0.25, 0.3) is 5.97 Å². The molecule has 0 aliphatic carbocycles. The molecule has 35 heavy (non-hydrogen) atoms. The van der Waals surface area contributed by atoms with Gasteiger partial charge in [0.15, 0.2) is 0 Å². The molecule has 6 heteroatoms. The van der Waals surface area contributed by atoms with Crippen LogP contribution in [0.1, 0.15) is 96.6 Å². The summed E-state index contributed by atoms with van der Waals surface area (Å²) >= 11 is 0. The van der Waals surface area contributed by atoms with Gasteiger partial charge in [-0.3, -0.25) is 0 Å². The quantitative estimate of drug-likeness (QED) is 0.211. The second-order valence-corrected chi connectivity index (χ2v) is 9.77. The highest BCUT2D eigenvalue weighted by molar-refractivity contribution is 5.64. The zero-order valence-corrected chi connectivity index (χ0v) is 21.7. The average Bonchev–Trinajstić information content (AvgIpc) is 2.77. The first-order chi connectivity index (χ1) is 16.5. The Morgan fingerprint density at radius 2 is 1.34 bits per heavy atom. The van der Waals surface area contributed by atoms with Gasteiger partial charge in [0.2, 0.25) is 0 Å². The molecule has 3 nitrogen and oxygen atoms in total. The van der Waals surface area contributed by atoms with Gasteiger partial charge in [-0.1, -0.05) is 81.8 Å². The standard InChI is InChI=1S/C29H41F3O3/c1-6-7-8-9-10-11-15-27(29(33,34-21(2)3)35-22(4)5)24-18-16-23(17-19-24)25-13-12-14-26(20-25)28(30,31)32/h12-14,16-22,27,33H,6-11,15H2,1-5H3. The second-order valence-electron chi connectivity index (χ2n) is 9.77. The summed E-state index contributed by atoms with van der Waals surface area (Å²) in [5.74, 6) is -2.24. The monoisotopic (exact) mass is 494 g/mol. The number of hydrogen-bond acceptors (Lipinski definition) is 3. The summed E-state index contributed by atoms with van der Waals surface area (Å²) in [6, 6.07) is 12.6. The number of alkyl halides is 3. The van der Waals surface area contributed by atoms with E-state index in [-0.39, 0.29) is 12.2 Å². The Hall–Kier alpha value is -1.89. The molecular weight excluding hydrogens is 453 g/mol. The van der Waals surface area contributed by atoms with Crippen LogP contribution in [0.3, 0.4) is 0 Å². The molecule has 0 radical (unpaired) electrons. The number of rotatable bonds is 14. The summed E-state index contributed by atoms with van der Waals surface area (Å²) in [5, 5.41) is 11.5. The van der Waals surface area contributed by atoms with E-state index in [2.05, 4.69) is 6.92 Å². The fourth-order valence-corrected chi connectivity index (χ4v) is 4.34. The third-order valence-corrected chi connectivity index (χ3v) is 5.93. The summed E-state index contributed by atoms with van der Waals surface area (Å²) in [5.41, 5.74) is 1.32. The zero-order chi connectivity index (χ0) is 26.1. The number of aliphatic hydroxyl groups is 1. The molecule has 0 bridgehead atoms. The van der Waals surface area contributed by atoms with Gasteiger partial charge in [-0.15, -0.1) is 0 Å². The van der Waals surface area contributed by atoms with E-state index >= 15 is 0 Å². The lowest BCUT2D eigenvalue weighted by molar-refractivity contribution is -0.393. The molecule has 0 aromatic heterocycles. The highest BCUT2D eigenvalue weighted by Gasteiger charge is 2.42. The summed E-state index contributed by atoms with van der Waals surface area (Å²) < 4.78 is 51.3. The Kier molecular flexibility index (Phi) is 11.3. The minimum atomic E-state index is -4.39. The highest BCUT2D eigenvalue weighted by atomic mass is 19.4. The van der Waals surface area contributed by atoms with Crippen LogP contribution in [0.25, 0.3) is 11.1 Å². The Morgan fingerprint density at radius 3 is 1.89 bits per heavy atom. The molecule has 0 amide bonds. The SMILES string of the molecule is CCCCCCCCC(c1ccc(-c2cccc(C(F)(F)F)c2)cc1)C(O)(OC(C)C)OC(C)C. The molecule has 2 rings (SSSR count). The minimum absolute atomic E-state index is 0.254. The van der Waals surface area contributed by atoms with Crippen LogP contribution in [0.4, 0.5) is 13.2 Å². The van der Waals surface area contributed by atoms with Gasteiger partial charge in [0.1, 0.15) is 0 Å². The van der Waals surface area contributed by atoms with Crippen LogP contribution in [-0.2, 0) is 15.7 Å². The molecule has 1 unspecified atom stereocenters. The molecular formula is C29H41F3O3. The lowest BCUT2D eigenvalue weighted by Crippen LogP contribution is -2.45. The molecule has 196 valence electrons. The number of unbranched alkanes of at least 4 members (excludes halogenated alkanes) is 5. The van der Waals surface area contributed by atoms with Crippen molar-refractivity contribution in [1.29, 1.82) is 0 Å². The third kappa shape index (κ3) is 9.25. The summed E-state index contributed by atoms with van der Waals surface area (Å²) in [4.78, 5) is 0. The van der Waals surface area contributed by atoms with Gasteiger partial charge in [-0.05, 0) is 62.9 Å². The number of benzene rings is 2. The fraction of sp³-hybridized carbons (Fsp3) is 0.586. The lowest BCUT2D eigenvalue weighted by Gasteiger charge is -2.38. The maximum atomic E-state index is 13.2. The van der Waals surface area contributed by atoms with Crippen LogP contribution in [0, 0.1) is 0 Å². The van der Waals surface area contributed by atoms with E-state index in [0.29, 0.717) is 17.5 Å². The molecule has 1 N–H and O–H groups in total. The van der Waals surface area contributed by atoms with Crippen molar-refractivity contribution >= 4 is 0 Å². The van der Waals surface area contributed by atoms with Gasteiger partial charge >= 0.3 is 6.18 Å². The molecule has 0 aliphatic rings. The van der Waals surface area contributed by atoms with Crippen molar-refractivity contribution in [3.63, 3.8) is 0 Å². The van der Waals surface area contributed by atoms with E-state index in [1.807, 2.05) is 39.8 Å². The normalized spacial score (nSPS) is 13.6. The van der Waals surface area contributed by atoms with Gasteiger partial charge in [-0.2, -0.15) is 13.2 Å². The topological polar surface area (TPSA) is 38.7 Å². The van der Waals surface area contributed by atoms with Crippen LogP contribution in [0.5, 0.6) is 0 Å². The lowest BCUT2D eigenvalue weighted by atomic mass is 9.89. The predicted octanol–water partition coefficient (Wildman–Crippen LogP) is 8.70. The van der Waals surface area contributed by atoms with Crippen molar-refractivity contribution in [2.75, 3.05) is 0 Å². The first-order valence-corrected chi connectivity index (χ1v) is 12.8. The summed E-state index contributed by atoms with van der Waals surface area (Å²) in [6.07, 6.45) is 2.48. The second kappa shape index (κ2) is 13.4. The van der Waals surface area contributed by atoms with E-state index in [1.54, 1.807) is 18.2 Å². The van der Waals surface area contributed by atoms with Crippen molar-refractivity contribution < 1.29 is 27.8 Å². The van der Waals surface area contributed by atoms with Crippen molar-refractivity contribution in [2.45, 2.75) is 110 Å².